The van der Waals surface area contributed by atoms with Crippen molar-refractivity contribution in [1.82, 2.24) is 0 Å². The van der Waals surface area contributed by atoms with Gasteiger partial charge in [-0.25, -0.2) is 0 Å². The van der Waals surface area contributed by atoms with Crippen LogP contribution in [0.2, 0.25) is 0 Å². The Balaban J connectivity index is 1.84. The molecule has 3 rings (SSSR count). The van der Waals surface area contributed by atoms with Crippen molar-refractivity contribution in [3.8, 4) is 28.6 Å². The van der Waals surface area contributed by atoms with Crippen LogP contribution in [0.1, 0.15) is 6.92 Å². The number of ether oxygens (including phenoxy) is 1. The Kier molecular flexibility index (Phi) is 6.80. The highest BCUT2D eigenvalue weighted by atomic mass is 16.5. The van der Waals surface area contributed by atoms with Crippen LogP contribution in [-0.4, -0.2) is 67.4 Å². The fourth-order valence-corrected chi connectivity index (χ4v) is 3.03. The highest BCUT2D eigenvalue weighted by Crippen LogP contribution is 2.31. The van der Waals surface area contributed by atoms with E-state index in [1.807, 2.05) is 0 Å². The first-order valence-corrected chi connectivity index (χ1v) is 9.54. The normalized spacial score (nSPS) is 15.2. The van der Waals surface area contributed by atoms with Crippen LogP contribution < -0.4 is 10.2 Å². The summed E-state index contributed by atoms with van der Waals surface area (Å²) in [6.45, 7) is 0.442. The lowest BCUT2D eigenvalue weighted by Gasteiger charge is -2.25. The lowest BCUT2D eigenvalue weighted by atomic mass is 10.0. The number of rotatable bonds is 8. The molecule has 6 N–H and O–H groups in total. The number of aliphatic hydroxyl groups is 4. The summed E-state index contributed by atoms with van der Waals surface area (Å²) in [4.78, 5) is 23.6. The fraction of sp³-hybridized carbons (Fsp3) is 0.273. The molecular weight excluding hydrogens is 424 g/mol. The number of aromatic hydroxyl groups is 2. The van der Waals surface area contributed by atoms with E-state index in [1.165, 1.54) is 36.4 Å². The van der Waals surface area contributed by atoms with E-state index in [9.17, 15) is 40.2 Å². The van der Waals surface area contributed by atoms with E-state index < -0.39 is 48.0 Å². The van der Waals surface area contributed by atoms with Gasteiger partial charge < -0.3 is 39.8 Å². The van der Waals surface area contributed by atoms with Crippen molar-refractivity contribution < 1.29 is 44.6 Å². The number of phenols is 2. The molecule has 0 saturated heterocycles. The Morgan fingerprint density at radius 1 is 1.00 bits per heavy atom. The lowest BCUT2D eigenvalue weighted by Crippen LogP contribution is -2.48. The Morgan fingerprint density at radius 2 is 1.66 bits per heavy atom. The molecule has 1 aromatic heterocycles. The summed E-state index contributed by atoms with van der Waals surface area (Å²) >= 11 is 0. The molecule has 0 bridgehead atoms. The number of ketones is 1. The van der Waals surface area contributed by atoms with Gasteiger partial charge in [0.2, 0.25) is 0 Å². The third-order valence-electron chi connectivity index (χ3n) is 4.84. The smallest absolute Gasteiger partial charge is 0.197 e. The van der Waals surface area contributed by atoms with Crippen molar-refractivity contribution >= 4 is 16.8 Å². The SMILES string of the molecule is CC(=O)[C@H](O)[C@@H](O)[C@H](O)[C@H](O)COc1cc(O)c2c(=O)cc(-c3ccc(O)cc3)oc2c1. The van der Waals surface area contributed by atoms with Gasteiger partial charge >= 0.3 is 0 Å². The van der Waals surface area contributed by atoms with Crippen LogP contribution in [0, 0.1) is 0 Å². The third kappa shape index (κ3) is 4.89. The van der Waals surface area contributed by atoms with Gasteiger partial charge in [-0.05, 0) is 31.2 Å². The molecule has 0 aliphatic carbocycles. The van der Waals surface area contributed by atoms with Crippen LogP contribution >= 0.6 is 0 Å². The number of hydrogen-bond acceptors (Lipinski definition) is 10. The fourth-order valence-electron chi connectivity index (χ4n) is 3.03. The van der Waals surface area contributed by atoms with Gasteiger partial charge in [0.15, 0.2) is 11.2 Å². The van der Waals surface area contributed by atoms with Gasteiger partial charge in [0.25, 0.3) is 0 Å². The molecule has 2 aromatic carbocycles. The van der Waals surface area contributed by atoms with E-state index >= 15 is 0 Å². The van der Waals surface area contributed by atoms with Crippen molar-refractivity contribution in [2.75, 3.05) is 6.61 Å². The van der Waals surface area contributed by atoms with Crippen molar-refractivity contribution in [3.05, 3.63) is 52.7 Å². The standard InChI is InChI=1S/C22H22O10/c1-10(23)20(28)22(30)21(29)16(27)9-31-13-6-14(25)19-15(26)8-17(32-18(19)7-13)11-2-4-12(24)5-3-11/h2-8,16,20-22,24-25,27-30H,9H2,1H3/t16-,20+,21-,22-/m1/s1. The van der Waals surface area contributed by atoms with Gasteiger partial charge in [-0.1, -0.05) is 0 Å². The Labute approximate surface area is 181 Å². The van der Waals surface area contributed by atoms with Gasteiger partial charge in [0, 0.05) is 23.8 Å². The van der Waals surface area contributed by atoms with E-state index in [4.69, 9.17) is 9.15 Å². The van der Waals surface area contributed by atoms with Gasteiger partial charge in [-0.2, -0.15) is 0 Å². The summed E-state index contributed by atoms with van der Waals surface area (Å²) in [7, 11) is 0. The predicted octanol–water partition coefficient (Wildman–Crippen LogP) is 0.283. The molecule has 0 radical (unpaired) electrons. The van der Waals surface area contributed by atoms with Crippen LogP contribution in [-0.2, 0) is 4.79 Å². The Morgan fingerprint density at radius 3 is 2.28 bits per heavy atom. The number of fused-ring (bicyclic) bond motifs is 1. The van der Waals surface area contributed by atoms with Crippen molar-refractivity contribution in [3.63, 3.8) is 0 Å². The summed E-state index contributed by atoms with van der Waals surface area (Å²) < 4.78 is 11.0. The van der Waals surface area contributed by atoms with Crippen LogP contribution in [0.15, 0.2) is 51.7 Å². The lowest BCUT2D eigenvalue weighted by molar-refractivity contribution is -0.144. The number of benzene rings is 2. The third-order valence-corrected chi connectivity index (χ3v) is 4.84. The topological polar surface area (TPSA) is 178 Å². The molecule has 0 aliphatic heterocycles. The number of hydrogen-bond donors (Lipinski definition) is 6. The average Bonchev–Trinajstić information content (AvgIpc) is 2.75. The average molecular weight is 446 g/mol. The minimum atomic E-state index is -1.93. The first-order valence-electron chi connectivity index (χ1n) is 9.54. The molecule has 3 aromatic rings. The number of carbonyl (C=O) groups is 1. The predicted molar refractivity (Wildman–Crippen MR) is 111 cm³/mol. The molecule has 0 spiro atoms. The summed E-state index contributed by atoms with van der Waals surface area (Å²) in [6, 6.07) is 9.51. The minimum absolute atomic E-state index is 0.0161. The summed E-state index contributed by atoms with van der Waals surface area (Å²) in [5.41, 5.74) is -0.0306. The Hall–Kier alpha value is -3.44. The highest BCUT2D eigenvalue weighted by Gasteiger charge is 2.33. The van der Waals surface area contributed by atoms with Gasteiger partial charge in [-0.3, -0.25) is 9.59 Å². The monoisotopic (exact) mass is 446 g/mol. The Bertz CT molecular complexity index is 1170. The molecule has 1 heterocycles. The maximum Gasteiger partial charge on any atom is 0.197 e. The summed E-state index contributed by atoms with van der Waals surface area (Å²) in [5.74, 6) is -1.04. The van der Waals surface area contributed by atoms with E-state index in [1.54, 1.807) is 0 Å². The number of Topliss-reactive ketones (excluding diaryl/α,β-unsaturated/α-hetero) is 1. The molecule has 4 atom stereocenters. The van der Waals surface area contributed by atoms with E-state index in [-0.39, 0.29) is 28.2 Å². The molecule has 170 valence electrons. The van der Waals surface area contributed by atoms with Gasteiger partial charge in [0.1, 0.15) is 65.0 Å². The second kappa shape index (κ2) is 9.37. The van der Waals surface area contributed by atoms with E-state index in [0.29, 0.717) is 5.56 Å². The zero-order chi connectivity index (χ0) is 23.6. The zero-order valence-corrected chi connectivity index (χ0v) is 16.9. The van der Waals surface area contributed by atoms with Crippen LogP contribution in [0.3, 0.4) is 0 Å². The first-order chi connectivity index (χ1) is 15.1. The van der Waals surface area contributed by atoms with Crippen molar-refractivity contribution in [1.29, 1.82) is 0 Å². The maximum absolute atomic E-state index is 12.5. The van der Waals surface area contributed by atoms with Crippen LogP contribution in [0.4, 0.5) is 0 Å². The van der Waals surface area contributed by atoms with Crippen molar-refractivity contribution in [2.24, 2.45) is 0 Å². The largest absolute Gasteiger partial charge is 0.508 e. The van der Waals surface area contributed by atoms with Crippen LogP contribution in [0.25, 0.3) is 22.3 Å². The molecule has 32 heavy (non-hydrogen) atoms. The number of carbonyl (C=O) groups excluding carboxylic acids is 1. The summed E-state index contributed by atoms with van der Waals surface area (Å²) in [6.07, 6.45) is -7.38. The molecule has 0 amide bonds. The second-order valence-corrected chi connectivity index (χ2v) is 7.25. The van der Waals surface area contributed by atoms with E-state index in [2.05, 4.69) is 0 Å². The van der Waals surface area contributed by atoms with E-state index in [0.717, 1.165) is 13.0 Å². The van der Waals surface area contributed by atoms with Crippen molar-refractivity contribution in [2.45, 2.75) is 31.3 Å². The van der Waals surface area contributed by atoms with Crippen LogP contribution in [0.5, 0.6) is 17.2 Å². The molecular formula is C22H22O10. The second-order valence-electron chi connectivity index (χ2n) is 7.25. The quantitative estimate of drug-likeness (QED) is 0.282. The molecule has 0 fully saturated rings. The number of phenolic OH excluding ortho intramolecular Hbond substituents is 2. The first kappa shape index (κ1) is 23.2. The van der Waals surface area contributed by atoms with Gasteiger partial charge in [0.05, 0.1) is 0 Å². The molecule has 0 saturated carbocycles. The minimum Gasteiger partial charge on any atom is -0.508 e. The number of aliphatic hydroxyl groups excluding tert-OH is 4. The zero-order valence-electron chi connectivity index (χ0n) is 16.9. The molecule has 0 unspecified atom stereocenters. The molecule has 0 aliphatic rings. The van der Waals surface area contributed by atoms with Gasteiger partial charge in [-0.15, -0.1) is 0 Å². The molecule has 10 heteroatoms. The molecule has 10 nitrogen and oxygen atoms in total. The highest BCUT2D eigenvalue weighted by molar-refractivity contribution is 5.86. The maximum atomic E-state index is 12.5. The summed E-state index contributed by atoms with van der Waals surface area (Å²) in [5, 5.41) is 58.7.